The number of aromatic nitrogens is 1. The summed E-state index contributed by atoms with van der Waals surface area (Å²) in [4.78, 5) is 16.8. The van der Waals surface area contributed by atoms with Crippen LogP contribution in [0.25, 0.3) is 0 Å². The largest absolute Gasteiger partial charge is 0.330 e. The van der Waals surface area contributed by atoms with Crippen molar-refractivity contribution in [2.75, 3.05) is 6.54 Å². The Morgan fingerprint density at radius 1 is 1.65 bits per heavy atom. The molecule has 17 heavy (non-hydrogen) atoms. The number of nitrogens with zero attached hydrogens (tertiary/aromatic N) is 1. The van der Waals surface area contributed by atoms with Crippen LogP contribution >= 0.6 is 0 Å². The molecule has 1 heterocycles. The van der Waals surface area contributed by atoms with Gasteiger partial charge in [0.25, 0.3) is 0 Å². The van der Waals surface area contributed by atoms with Crippen LogP contribution in [0.4, 0.5) is 0 Å². The smallest absolute Gasteiger partial charge is 0.144 e. The van der Waals surface area contributed by atoms with Gasteiger partial charge in [-0.15, -0.1) is 0 Å². The lowest BCUT2D eigenvalue weighted by Gasteiger charge is -2.25. The van der Waals surface area contributed by atoms with E-state index < -0.39 is 0 Å². The molecule has 0 aromatic carbocycles. The van der Waals surface area contributed by atoms with E-state index in [-0.39, 0.29) is 11.8 Å². The summed E-state index contributed by atoms with van der Waals surface area (Å²) >= 11 is 0. The van der Waals surface area contributed by atoms with Crippen LogP contribution in [0, 0.1) is 5.92 Å². The Hall–Kier alpha value is -1.22. The van der Waals surface area contributed by atoms with Gasteiger partial charge in [0, 0.05) is 12.1 Å². The van der Waals surface area contributed by atoms with Crippen molar-refractivity contribution in [2.45, 2.75) is 38.5 Å². The summed E-state index contributed by atoms with van der Waals surface area (Å²) in [7, 11) is 0. The maximum atomic E-state index is 12.4. The molecule has 2 atom stereocenters. The summed E-state index contributed by atoms with van der Waals surface area (Å²) in [5.41, 5.74) is 7.78. The fourth-order valence-corrected chi connectivity index (χ4v) is 2.62. The molecular weight excluding hydrogens is 212 g/mol. The van der Waals surface area contributed by atoms with E-state index in [9.17, 15) is 4.79 Å². The van der Waals surface area contributed by atoms with Crippen molar-refractivity contribution < 1.29 is 4.79 Å². The molecule has 2 N–H and O–H groups in total. The molecule has 0 radical (unpaired) electrons. The first-order valence-electron chi connectivity index (χ1n) is 6.41. The van der Waals surface area contributed by atoms with E-state index in [4.69, 9.17) is 5.73 Å². The standard InChI is InChI=1S/C14H20N2O/c1-10(7-8-15)14(17)12-6-2-4-11-5-3-9-16-13(11)12/h3,5,9-10,12H,2,4,6-8,15H2,1H3. The van der Waals surface area contributed by atoms with Crippen LogP contribution in [0.15, 0.2) is 18.3 Å². The summed E-state index contributed by atoms with van der Waals surface area (Å²) in [5, 5.41) is 0. The highest BCUT2D eigenvalue weighted by Crippen LogP contribution is 2.32. The second-order valence-corrected chi connectivity index (χ2v) is 4.87. The molecule has 0 bridgehead atoms. The number of rotatable bonds is 4. The summed E-state index contributed by atoms with van der Waals surface area (Å²) < 4.78 is 0. The number of carbonyl (C=O) groups excluding carboxylic acids is 1. The number of hydrogen-bond acceptors (Lipinski definition) is 3. The fourth-order valence-electron chi connectivity index (χ4n) is 2.62. The number of nitrogens with two attached hydrogens (primary N) is 1. The third-order valence-corrected chi connectivity index (χ3v) is 3.62. The molecule has 92 valence electrons. The Morgan fingerprint density at radius 3 is 3.24 bits per heavy atom. The number of Topliss-reactive ketones (excluding diaryl/α,β-unsaturated/α-hetero) is 1. The molecule has 1 aliphatic rings. The second kappa shape index (κ2) is 5.41. The Kier molecular flexibility index (Phi) is 3.89. The quantitative estimate of drug-likeness (QED) is 0.864. The van der Waals surface area contributed by atoms with Gasteiger partial charge in [0.05, 0.1) is 11.6 Å². The van der Waals surface area contributed by atoms with Gasteiger partial charge in [-0.2, -0.15) is 0 Å². The summed E-state index contributed by atoms with van der Waals surface area (Å²) in [5.74, 6) is 0.370. The molecule has 1 aromatic rings. The average molecular weight is 232 g/mol. The van der Waals surface area contributed by atoms with Crippen LogP contribution in [0.5, 0.6) is 0 Å². The molecule has 0 saturated heterocycles. The highest BCUT2D eigenvalue weighted by atomic mass is 16.1. The van der Waals surface area contributed by atoms with Crippen LogP contribution in [-0.4, -0.2) is 17.3 Å². The zero-order chi connectivity index (χ0) is 12.3. The highest BCUT2D eigenvalue weighted by molar-refractivity contribution is 5.87. The van der Waals surface area contributed by atoms with Gasteiger partial charge in [0.2, 0.25) is 0 Å². The van der Waals surface area contributed by atoms with Gasteiger partial charge < -0.3 is 5.73 Å². The minimum Gasteiger partial charge on any atom is -0.330 e. The van der Waals surface area contributed by atoms with Gasteiger partial charge in [-0.05, 0) is 43.9 Å². The van der Waals surface area contributed by atoms with Crippen molar-refractivity contribution in [2.24, 2.45) is 11.7 Å². The number of hydrogen-bond donors (Lipinski definition) is 1. The van der Waals surface area contributed by atoms with Crippen molar-refractivity contribution in [1.29, 1.82) is 0 Å². The van der Waals surface area contributed by atoms with Gasteiger partial charge in [0.15, 0.2) is 0 Å². The van der Waals surface area contributed by atoms with Crippen LogP contribution in [-0.2, 0) is 11.2 Å². The molecule has 0 spiro atoms. The Balaban J connectivity index is 2.20. The molecule has 1 aromatic heterocycles. The second-order valence-electron chi connectivity index (χ2n) is 4.87. The zero-order valence-electron chi connectivity index (χ0n) is 10.4. The van der Waals surface area contributed by atoms with Crippen LogP contribution in [0.2, 0.25) is 0 Å². The number of aryl methyl sites for hydroxylation is 1. The van der Waals surface area contributed by atoms with Crippen molar-refractivity contribution in [3.63, 3.8) is 0 Å². The fraction of sp³-hybridized carbons (Fsp3) is 0.571. The normalized spacial score (nSPS) is 20.7. The molecule has 0 saturated carbocycles. The molecule has 2 rings (SSSR count). The summed E-state index contributed by atoms with van der Waals surface area (Å²) in [6.45, 7) is 2.56. The van der Waals surface area contributed by atoms with Gasteiger partial charge in [-0.1, -0.05) is 13.0 Å². The SMILES string of the molecule is CC(CCN)C(=O)C1CCCc2cccnc21. The third kappa shape index (κ3) is 2.55. The van der Waals surface area contributed by atoms with Crippen molar-refractivity contribution >= 4 is 5.78 Å². The predicted octanol–water partition coefficient (Wildman–Crippen LogP) is 2.06. The Bertz CT molecular complexity index is 403. The van der Waals surface area contributed by atoms with E-state index in [0.29, 0.717) is 12.3 Å². The lowest BCUT2D eigenvalue weighted by Crippen LogP contribution is -2.26. The summed E-state index contributed by atoms with van der Waals surface area (Å²) in [6.07, 6.45) is 5.65. The maximum Gasteiger partial charge on any atom is 0.144 e. The summed E-state index contributed by atoms with van der Waals surface area (Å²) in [6, 6.07) is 4.05. The van der Waals surface area contributed by atoms with Crippen molar-refractivity contribution in [3.8, 4) is 0 Å². The van der Waals surface area contributed by atoms with Crippen molar-refractivity contribution in [1.82, 2.24) is 4.98 Å². The van der Waals surface area contributed by atoms with Crippen LogP contribution < -0.4 is 5.73 Å². The number of fused-ring (bicyclic) bond motifs is 1. The van der Waals surface area contributed by atoms with Crippen molar-refractivity contribution in [3.05, 3.63) is 29.6 Å². The van der Waals surface area contributed by atoms with Gasteiger partial charge in [0.1, 0.15) is 5.78 Å². The van der Waals surface area contributed by atoms with Gasteiger partial charge in [-0.25, -0.2) is 0 Å². The Morgan fingerprint density at radius 2 is 2.47 bits per heavy atom. The van der Waals surface area contributed by atoms with E-state index in [1.54, 1.807) is 6.20 Å². The maximum absolute atomic E-state index is 12.4. The molecule has 3 nitrogen and oxygen atoms in total. The first-order valence-corrected chi connectivity index (χ1v) is 6.41. The van der Waals surface area contributed by atoms with E-state index in [2.05, 4.69) is 11.1 Å². The minimum atomic E-state index is 0.00139. The van der Waals surface area contributed by atoms with E-state index in [1.807, 2.05) is 13.0 Å². The van der Waals surface area contributed by atoms with E-state index in [0.717, 1.165) is 31.4 Å². The van der Waals surface area contributed by atoms with Gasteiger partial charge >= 0.3 is 0 Å². The topological polar surface area (TPSA) is 56.0 Å². The van der Waals surface area contributed by atoms with E-state index in [1.165, 1.54) is 5.56 Å². The number of pyridine rings is 1. The molecular formula is C14H20N2O. The molecule has 2 unspecified atom stereocenters. The van der Waals surface area contributed by atoms with Crippen LogP contribution in [0.3, 0.4) is 0 Å². The average Bonchev–Trinajstić information content (AvgIpc) is 2.37. The zero-order valence-corrected chi connectivity index (χ0v) is 10.4. The third-order valence-electron chi connectivity index (χ3n) is 3.62. The lowest BCUT2D eigenvalue weighted by atomic mass is 9.80. The molecule has 0 amide bonds. The predicted molar refractivity (Wildman–Crippen MR) is 67.8 cm³/mol. The highest BCUT2D eigenvalue weighted by Gasteiger charge is 2.29. The van der Waals surface area contributed by atoms with Gasteiger partial charge in [-0.3, -0.25) is 9.78 Å². The monoisotopic (exact) mass is 232 g/mol. The number of carbonyl (C=O) groups is 1. The lowest BCUT2D eigenvalue weighted by molar-refractivity contribution is -0.124. The molecule has 3 heteroatoms. The van der Waals surface area contributed by atoms with E-state index >= 15 is 0 Å². The molecule has 1 aliphatic carbocycles. The first-order chi connectivity index (χ1) is 8.24. The first kappa shape index (κ1) is 12.2. The Labute approximate surface area is 102 Å². The van der Waals surface area contributed by atoms with Crippen LogP contribution in [0.1, 0.15) is 43.4 Å². The minimum absolute atomic E-state index is 0.00139. The molecule has 0 aliphatic heterocycles. The molecule has 0 fully saturated rings. The number of ketones is 1.